The molecule has 2 aromatic rings. The number of hydrogen-bond donors (Lipinski definition) is 1. The summed E-state index contributed by atoms with van der Waals surface area (Å²) in [6.07, 6.45) is 7.01. The van der Waals surface area contributed by atoms with Crippen LogP contribution in [0.25, 0.3) is 0 Å². The van der Waals surface area contributed by atoms with Crippen LogP contribution in [0, 0.1) is 0 Å². The average Bonchev–Trinajstić information content (AvgIpc) is 3.53. The van der Waals surface area contributed by atoms with Crippen LogP contribution < -0.4 is 5.32 Å². The zero-order chi connectivity index (χ0) is 21.8. The van der Waals surface area contributed by atoms with Crippen LogP contribution in [-0.4, -0.2) is 66.1 Å². The van der Waals surface area contributed by atoms with Gasteiger partial charge in [0.15, 0.2) is 5.96 Å². The topological polar surface area (TPSA) is 82.8 Å². The van der Waals surface area contributed by atoms with Gasteiger partial charge >= 0.3 is 0 Å². The molecule has 2 saturated heterocycles. The summed E-state index contributed by atoms with van der Waals surface area (Å²) in [4.78, 5) is 7.49. The molecule has 0 amide bonds. The largest absolute Gasteiger partial charge is 0.357 e. The lowest BCUT2D eigenvalue weighted by molar-refractivity contribution is 0.477. The number of aryl methyl sites for hydroxylation is 1. The van der Waals surface area contributed by atoms with Crippen LogP contribution >= 0.6 is 0 Å². The Balaban J connectivity index is 1.41. The van der Waals surface area contributed by atoms with Crippen molar-refractivity contribution in [2.24, 2.45) is 12.0 Å². The van der Waals surface area contributed by atoms with Gasteiger partial charge in [-0.05, 0) is 49.4 Å². The number of hydrogen-bond acceptors (Lipinski definition) is 4. The van der Waals surface area contributed by atoms with Crippen LogP contribution in [0.3, 0.4) is 0 Å². The Morgan fingerprint density at radius 2 is 1.94 bits per heavy atom. The van der Waals surface area contributed by atoms with Gasteiger partial charge in [-0.15, -0.1) is 0 Å². The lowest BCUT2D eigenvalue weighted by atomic mass is 10.0. The minimum atomic E-state index is -3.37. The van der Waals surface area contributed by atoms with E-state index in [-0.39, 0.29) is 0 Å². The predicted molar refractivity (Wildman–Crippen MR) is 121 cm³/mol. The molecule has 0 aliphatic carbocycles. The Morgan fingerprint density at radius 3 is 2.58 bits per heavy atom. The normalized spacial score (nSPS) is 20.5. The van der Waals surface area contributed by atoms with E-state index >= 15 is 0 Å². The van der Waals surface area contributed by atoms with Gasteiger partial charge in [0.05, 0.1) is 17.6 Å². The first-order valence-corrected chi connectivity index (χ1v) is 12.5. The van der Waals surface area contributed by atoms with E-state index in [0.717, 1.165) is 50.4 Å². The van der Waals surface area contributed by atoms with Gasteiger partial charge in [-0.25, -0.2) is 13.4 Å². The Bertz CT molecular complexity index is 1010. The second-order valence-electron chi connectivity index (χ2n) is 8.30. The van der Waals surface area contributed by atoms with Crippen molar-refractivity contribution in [3.05, 3.63) is 47.8 Å². The molecule has 2 aliphatic heterocycles. The molecule has 2 aliphatic rings. The molecule has 1 N–H and O–H groups in total. The van der Waals surface area contributed by atoms with Gasteiger partial charge in [0.2, 0.25) is 10.0 Å². The van der Waals surface area contributed by atoms with Crippen molar-refractivity contribution in [3.8, 4) is 0 Å². The SMILES string of the molecule is CCNC(=NCc1ccc(S(=O)(=O)N2CCCC2)cc1)N1CCC(c2cnn(C)c2)C1. The molecular formula is C22H32N6O2S. The molecule has 8 nitrogen and oxygen atoms in total. The van der Waals surface area contributed by atoms with E-state index in [9.17, 15) is 8.42 Å². The number of nitrogens with one attached hydrogen (secondary N) is 1. The van der Waals surface area contributed by atoms with Gasteiger partial charge in [0, 0.05) is 51.9 Å². The van der Waals surface area contributed by atoms with Crippen molar-refractivity contribution in [3.63, 3.8) is 0 Å². The molecule has 2 fully saturated rings. The maximum Gasteiger partial charge on any atom is 0.243 e. The van der Waals surface area contributed by atoms with E-state index < -0.39 is 10.0 Å². The zero-order valence-electron chi connectivity index (χ0n) is 18.4. The highest BCUT2D eigenvalue weighted by Crippen LogP contribution is 2.27. The molecule has 9 heteroatoms. The summed E-state index contributed by atoms with van der Waals surface area (Å²) in [7, 11) is -1.42. The molecule has 1 atom stereocenters. The number of aliphatic imine (C=N–C) groups is 1. The molecular weight excluding hydrogens is 412 g/mol. The van der Waals surface area contributed by atoms with Crippen molar-refractivity contribution in [2.75, 3.05) is 32.7 Å². The third kappa shape index (κ3) is 4.93. The van der Waals surface area contributed by atoms with E-state index in [1.807, 2.05) is 30.1 Å². The lowest BCUT2D eigenvalue weighted by Crippen LogP contribution is -2.40. The highest BCUT2D eigenvalue weighted by molar-refractivity contribution is 7.89. The fourth-order valence-electron chi connectivity index (χ4n) is 4.31. The number of aromatic nitrogens is 2. The Hall–Kier alpha value is -2.39. The summed E-state index contributed by atoms with van der Waals surface area (Å²) < 4.78 is 28.8. The van der Waals surface area contributed by atoms with Crippen LogP contribution in [0.4, 0.5) is 0 Å². The molecule has 0 bridgehead atoms. The molecule has 1 aromatic heterocycles. The summed E-state index contributed by atoms with van der Waals surface area (Å²) in [6, 6.07) is 7.16. The molecule has 0 saturated carbocycles. The van der Waals surface area contributed by atoms with Crippen molar-refractivity contribution in [1.29, 1.82) is 0 Å². The number of sulfonamides is 1. The van der Waals surface area contributed by atoms with Crippen LogP contribution in [-0.2, 0) is 23.6 Å². The monoisotopic (exact) mass is 444 g/mol. The summed E-state index contributed by atoms with van der Waals surface area (Å²) in [5, 5.41) is 7.70. The first kappa shape index (κ1) is 21.8. The van der Waals surface area contributed by atoms with E-state index in [1.165, 1.54) is 5.56 Å². The van der Waals surface area contributed by atoms with Gasteiger partial charge in [-0.1, -0.05) is 12.1 Å². The molecule has 1 unspecified atom stereocenters. The summed E-state index contributed by atoms with van der Waals surface area (Å²) in [5.74, 6) is 1.37. The Kier molecular flexibility index (Phi) is 6.62. The highest BCUT2D eigenvalue weighted by Gasteiger charge is 2.28. The quantitative estimate of drug-likeness (QED) is 0.545. The Morgan fingerprint density at radius 1 is 1.19 bits per heavy atom. The second kappa shape index (κ2) is 9.40. The molecule has 168 valence electrons. The van der Waals surface area contributed by atoms with Gasteiger partial charge in [-0.3, -0.25) is 4.68 Å². The fraction of sp³-hybridized carbons (Fsp3) is 0.545. The predicted octanol–water partition coefficient (Wildman–Crippen LogP) is 2.16. The summed E-state index contributed by atoms with van der Waals surface area (Å²) in [5.41, 5.74) is 2.27. The van der Waals surface area contributed by atoms with Crippen LogP contribution in [0.5, 0.6) is 0 Å². The number of guanidine groups is 1. The third-order valence-electron chi connectivity index (χ3n) is 6.06. The number of rotatable bonds is 6. The number of likely N-dealkylation sites (tertiary alicyclic amines) is 1. The zero-order valence-corrected chi connectivity index (χ0v) is 19.2. The smallest absolute Gasteiger partial charge is 0.243 e. The molecule has 31 heavy (non-hydrogen) atoms. The van der Waals surface area contributed by atoms with Gasteiger partial charge < -0.3 is 10.2 Å². The van der Waals surface area contributed by atoms with Crippen LogP contribution in [0.2, 0.25) is 0 Å². The van der Waals surface area contributed by atoms with E-state index in [1.54, 1.807) is 16.4 Å². The molecule has 0 radical (unpaired) electrons. The van der Waals surface area contributed by atoms with E-state index in [0.29, 0.717) is 30.4 Å². The first-order valence-electron chi connectivity index (χ1n) is 11.1. The van der Waals surface area contributed by atoms with Crippen molar-refractivity contribution in [1.82, 2.24) is 24.3 Å². The van der Waals surface area contributed by atoms with E-state index in [4.69, 9.17) is 4.99 Å². The summed E-state index contributed by atoms with van der Waals surface area (Å²) in [6.45, 7) is 6.51. The third-order valence-corrected chi connectivity index (χ3v) is 7.97. The number of benzene rings is 1. The van der Waals surface area contributed by atoms with Crippen molar-refractivity contribution >= 4 is 16.0 Å². The lowest BCUT2D eigenvalue weighted by Gasteiger charge is -2.21. The maximum atomic E-state index is 12.7. The second-order valence-corrected chi connectivity index (χ2v) is 10.2. The van der Waals surface area contributed by atoms with Crippen molar-refractivity contribution in [2.45, 2.75) is 43.5 Å². The Labute approximate surface area is 185 Å². The number of nitrogens with zero attached hydrogens (tertiary/aromatic N) is 5. The van der Waals surface area contributed by atoms with Crippen LogP contribution in [0.15, 0.2) is 46.5 Å². The van der Waals surface area contributed by atoms with Crippen molar-refractivity contribution < 1.29 is 8.42 Å². The molecule has 3 heterocycles. The van der Waals surface area contributed by atoms with Crippen LogP contribution in [0.1, 0.15) is 43.2 Å². The maximum absolute atomic E-state index is 12.7. The first-order chi connectivity index (χ1) is 15.0. The van der Waals surface area contributed by atoms with Gasteiger partial charge in [-0.2, -0.15) is 9.40 Å². The molecule has 0 spiro atoms. The summed E-state index contributed by atoms with van der Waals surface area (Å²) >= 11 is 0. The van der Waals surface area contributed by atoms with Gasteiger partial charge in [0.25, 0.3) is 0 Å². The molecule has 4 rings (SSSR count). The fourth-order valence-corrected chi connectivity index (χ4v) is 5.83. The van der Waals surface area contributed by atoms with E-state index in [2.05, 4.69) is 28.4 Å². The highest BCUT2D eigenvalue weighted by atomic mass is 32.2. The molecule has 1 aromatic carbocycles. The standard InChI is InChI=1S/C22H32N6O2S/c1-3-23-22(27-13-10-19(17-27)20-15-25-26(2)16-20)24-14-18-6-8-21(9-7-18)31(29,30)28-11-4-5-12-28/h6-9,15-16,19H,3-5,10-14,17H2,1-2H3,(H,23,24). The minimum Gasteiger partial charge on any atom is -0.357 e. The van der Waals surface area contributed by atoms with Gasteiger partial charge in [0.1, 0.15) is 0 Å². The average molecular weight is 445 g/mol. The minimum absolute atomic E-state index is 0.368.